The van der Waals surface area contributed by atoms with E-state index in [0.717, 1.165) is 37.8 Å². The first-order valence-corrected chi connectivity index (χ1v) is 9.02. The van der Waals surface area contributed by atoms with E-state index >= 15 is 0 Å². The smallest absolute Gasteiger partial charge is 0.407 e. The Morgan fingerprint density at radius 1 is 1.20 bits per heavy atom. The number of carbonyl (C=O) groups is 2. The van der Waals surface area contributed by atoms with Crippen molar-refractivity contribution in [1.29, 1.82) is 0 Å². The maximum atomic E-state index is 12.7. The molecule has 0 spiro atoms. The van der Waals surface area contributed by atoms with Crippen LogP contribution in [0.15, 0.2) is 24.4 Å². The Balaban J connectivity index is 1.96. The molecule has 2 atom stereocenters. The van der Waals surface area contributed by atoms with E-state index in [0.29, 0.717) is 6.54 Å². The molecule has 2 N–H and O–H groups in total. The predicted molar refractivity (Wildman–Crippen MR) is 95.8 cm³/mol. The standard InChI is InChI=1S/C19H29N3O3/c1-19(2,3)25-18(24)22-16-11-6-4-5-10-15(16)17(23)21-13-14-9-7-8-12-20-14/h7-9,12,15-16H,4-6,10-11,13H2,1-3H3,(H,21,23)(H,22,24)/t15-,16-/m1/s1. The molecule has 1 aromatic rings. The first-order valence-electron chi connectivity index (χ1n) is 9.02. The molecule has 6 nitrogen and oxygen atoms in total. The van der Waals surface area contributed by atoms with Crippen molar-refractivity contribution < 1.29 is 14.3 Å². The van der Waals surface area contributed by atoms with Gasteiger partial charge in [0.15, 0.2) is 0 Å². The van der Waals surface area contributed by atoms with Crippen LogP contribution < -0.4 is 10.6 Å². The van der Waals surface area contributed by atoms with Gasteiger partial charge < -0.3 is 15.4 Å². The summed E-state index contributed by atoms with van der Waals surface area (Å²) in [6.07, 6.45) is 5.90. The minimum atomic E-state index is -0.550. The molecule has 1 fully saturated rings. The summed E-state index contributed by atoms with van der Waals surface area (Å²) < 4.78 is 5.35. The third-order valence-corrected chi connectivity index (χ3v) is 4.22. The number of nitrogens with one attached hydrogen (secondary N) is 2. The maximum Gasteiger partial charge on any atom is 0.407 e. The van der Waals surface area contributed by atoms with Gasteiger partial charge in [-0.1, -0.05) is 25.3 Å². The van der Waals surface area contributed by atoms with Crippen LogP contribution >= 0.6 is 0 Å². The highest BCUT2D eigenvalue weighted by molar-refractivity contribution is 5.80. The maximum absolute atomic E-state index is 12.7. The highest BCUT2D eigenvalue weighted by Gasteiger charge is 2.31. The third kappa shape index (κ3) is 6.72. The van der Waals surface area contributed by atoms with E-state index in [4.69, 9.17) is 4.74 Å². The fourth-order valence-electron chi connectivity index (χ4n) is 3.06. The molecule has 2 amide bonds. The van der Waals surface area contributed by atoms with Crippen LogP contribution in [0.1, 0.15) is 58.6 Å². The summed E-state index contributed by atoms with van der Waals surface area (Å²) in [6, 6.07) is 5.43. The summed E-state index contributed by atoms with van der Waals surface area (Å²) >= 11 is 0. The van der Waals surface area contributed by atoms with Crippen LogP contribution in [0.2, 0.25) is 0 Å². The lowest BCUT2D eigenvalue weighted by Crippen LogP contribution is -2.47. The molecule has 0 aromatic carbocycles. The lowest BCUT2D eigenvalue weighted by atomic mass is 9.94. The molecular weight excluding hydrogens is 318 g/mol. The van der Waals surface area contributed by atoms with Crippen molar-refractivity contribution in [3.05, 3.63) is 30.1 Å². The fraction of sp³-hybridized carbons (Fsp3) is 0.632. The van der Waals surface area contributed by atoms with Crippen LogP contribution in [0.3, 0.4) is 0 Å². The Kier molecular flexibility index (Phi) is 6.79. The van der Waals surface area contributed by atoms with Gasteiger partial charge in [0.1, 0.15) is 5.60 Å². The summed E-state index contributed by atoms with van der Waals surface area (Å²) in [5.41, 5.74) is 0.270. The van der Waals surface area contributed by atoms with Crippen LogP contribution in [-0.4, -0.2) is 28.6 Å². The van der Waals surface area contributed by atoms with Gasteiger partial charge >= 0.3 is 6.09 Å². The number of alkyl carbamates (subject to hydrolysis) is 1. The molecule has 0 unspecified atom stereocenters. The van der Waals surface area contributed by atoms with Crippen molar-refractivity contribution >= 4 is 12.0 Å². The van der Waals surface area contributed by atoms with Crippen LogP contribution in [0.25, 0.3) is 0 Å². The monoisotopic (exact) mass is 347 g/mol. The summed E-state index contributed by atoms with van der Waals surface area (Å²) in [7, 11) is 0. The second kappa shape index (κ2) is 8.83. The highest BCUT2D eigenvalue weighted by Crippen LogP contribution is 2.24. The van der Waals surface area contributed by atoms with E-state index < -0.39 is 11.7 Å². The molecule has 0 bridgehead atoms. The number of pyridine rings is 1. The number of nitrogens with zero attached hydrogens (tertiary/aromatic N) is 1. The minimum Gasteiger partial charge on any atom is -0.444 e. The van der Waals surface area contributed by atoms with E-state index in [1.165, 1.54) is 0 Å². The molecule has 138 valence electrons. The quantitative estimate of drug-likeness (QED) is 0.820. The lowest BCUT2D eigenvalue weighted by molar-refractivity contribution is -0.126. The Hall–Kier alpha value is -2.11. The normalized spacial score (nSPS) is 21.1. The highest BCUT2D eigenvalue weighted by atomic mass is 16.6. The van der Waals surface area contributed by atoms with Gasteiger partial charge in [0.05, 0.1) is 18.2 Å². The molecule has 25 heavy (non-hydrogen) atoms. The zero-order valence-electron chi connectivity index (χ0n) is 15.4. The molecule has 1 heterocycles. The second-order valence-corrected chi connectivity index (χ2v) is 7.54. The first kappa shape index (κ1) is 19.2. The molecule has 1 saturated carbocycles. The SMILES string of the molecule is CC(C)(C)OC(=O)N[C@@H]1CCCCC[C@H]1C(=O)NCc1ccccn1. The Labute approximate surface area is 149 Å². The van der Waals surface area contributed by atoms with Crippen LogP contribution in [-0.2, 0) is 16.1 Å². The van der Waals surface area contributed by atoms with E-state index in [-0.39, 0.29) is 17.9 Å². The van der Waals surface area contributed by atoms with Gasteiger partial charge in [-0.2, -0.15) is 0 Å². The van der Waals surface area contributed by atoms with Gasteiger partial charge in [0.25, 0.3) is 0 Å². The molecule has 0 saturated heterocycles. The van der Waals surface area contributed by atoms with Gasteiger partial charge in [0.2, 0.25) is 5.91 Å². The molecular formula is C19H29N3O3. The molecule has 1 aliphatic carbocycles. The van der Waals surface area contributed by atoms with E-state index in [1.54, 1.807) is 6.20 Å². The average molecular weight is 347 g/mol. The summed E-state index contributed by atoms with van der Waals surface area (Å²) in [4.78, 5) is 29.0. The number of aromatic nitrogens is 1. The zero-order chi connectivity index (χ0) is 18.3. The molecule has 0 radical (unpaired) electrons. The number of amides is 2. The largest absolute Gasteiger partial charge is 0.444 e. The molecule has 1 aliphatic rings. The van der Waals surface area contributed by atoms with Crippen molar-refractivity contribution in [3.63, 3.8) is 0 Å². The second-order valence-electron chi connectivity index (χ2n) is 7.54. The molecule has 6 heteroatoms. The van der Waals surface area contributed by atoms with E-state index in [1.807, 2.05) is 39.0 Å². The van der Waals surface area contributed by atoms with Gasteiger partial charge in [0, 0.05) is 12.2 Å². The third-order valence-electron chi connectivity index (χ3n) is 4.22. The lowest BCUT2D eigenvalue weighted by Gasteiger charge is -2.27. The number of carbonyl (C=O) groups excluding carboxylic acids is 2. The van der Waals surface area contributed by atoms with Crippen molar-refractivity contribution in [3.8, 4) is 0 Å². The van der Waals surface area contributed by atoms with Gasteiger partial charge in [-0.25, -0.2) is 4.79 Å². The topological polar surface area (TPSA) is 80.3 Å². The van der Waals surface area contributed by atoms with E-state index in [2.05, 4.69) is 15.6 Å². The number of hydrogen-bond donors (Lipinski definition) is 2. The number of hydrogen-bond acceptors (Lipinski definition) is 4. The Bertz CT molecular complexity index is 569. The predicted octanol–water partition coefficient (Wildman–Crippen LogP) is 3.17. The van der Waals surface area contributed by atoms with Crippen molar-refractivity contribution in [1.82, 2.24) is 15.6 Å². The van der Waals surface area contributed by atoms with Crippen molar-refractivity contribution in [2.45, 2.75) is 71.1 Å². The molecule has 2 rings (SSSR count). The molecule has 0 aliphatic heterocycles. The van der Waals surface area contributed by atoms with Crippen LogP contribution in [0.4, 0.5) is 4.79 Å². The Morgan fingerprint density at radius 3 is 2.64 bits per heavy atom. The first-order chi connectivity index (χ1) is 11.8. The van der Waals surface area contributed by atoms with Crippen molar-refractivity contribution in [2.24, 2.45) is 5.92 Å². The summed E-state index contributed by atoms with van der Waals surface area (Å²) in [5, 5.41) is 5.86. The summed E-state index contributed by atoms with van der Waals surface area (Å²) in [5.74, 6) is -0.271. The van der Waals surface area contributed by atoms with Crippen LogP contribution in [0.5, 0.6) is 0 Å². The average Bonchev–Trinajstić information content (AvgIpc) is 2.77. The zero-order valence-corrected chi connectivity index (χ0v) is 15.4. The van der Waals surface area contributed by atoms with E-state index in [9.17, 15) is 9.59 Å². The Morgan fingerprint density at radius 2 is 1.96 bits per heavy atom. The van der Waals surface area contributed by atoms with Gasteiger partial charge in [-0.05, 0) is 45.7 Å². The minimum absolute atomic E-state index is 0.0337. The van der Waals surface area contributed by atoms with Gasteiger partial charge in [-0.15, -0.1) is 0 Å². The number of ether oxygens (including phenoxy) is 1. The molecule has 1 aromatic heterocycles. The summed E-state index contributed by atoms with van der Waals surface area (Å²) in [6.45, 7) is 5.89. The van der Waals surface area contributed by atoms with Crippen molar-refractivity contribution in [2.75, 3.05) is 0 Å². The number of rotatable bonds is 4. The van der Waals surface area contributed by atoms with Crippen LogP contribution in [0, 0.1) is 5.92 Å². The van der Waals surface area contributed by atoms with Gasteiger partial charge in [-0.3, -0.25) is 9.78 Å². The fourth-order valence-corrected chi connectivity index (χ4v) is 3.06.